The van der Waals surface area contributed by atoms with Gasteiger partial charge in [0.1, 0.15) is 0 Å². The second kappa shape index (κ2) is 15.6. The van der Waals surface area contributed by atoms with Crippen LogP contribution in [0.1, 0.15) is 20.8 Å². The van der Waals surface area contributed by atoms with E-state index in [1.807, 2.05) is 0 Å². The van der Waals surface area contributed by atoms with E-state index in [0.29, 0.717) is 0 Å². The Morgan fingerprint density at radius 2 is 1.00 bits per heavy atom. The van der Waals surface area contributed by atoms with Gasteiger partial charge in [-0.05, 0) is 0 Å². The molecule has 0 unspecified atom stereocenters. The second-order valence-corrected chi connectivity index (χ2v) is 1.50. The first-order chi connectivity index (χ1) is 2.73. The van der Waals surface area contributed by atoms with E-state index in [0.717, 1.165) is 7.11 Å². The van der Waals surface area contributed by atoms with Crippen LogP contribution in [0.25, 0.3) is 0 Å². The molecule has 1 nitrogen and oxygen atoms in total. The molecule has 0 aromatic heterocycles. The van der Waals surface area contributed by atoms with Crippen molar-refractivity contribution in [1.82, 2.24) is 0 Å². The fourth-order valence-corrected chi connectivity index (χ4v) is 0. The van der Waals surface area contributed by atoms with Gasteiger partial charge in [0.2, 0.25) is 0 Å². The Balaban J connectivity index is -0.0000000480. The zero-order valence-electron chi connectivity index (χ0n) is 5.95. The van der Waals surface area contributed by atoms with Crippen LogP contribution in [0.15, 0.2) is 0 Å². The number of hydrogen-bond acceptors (Lipinski definition) is 1. The minimum atomic E-state index is 0. The van der Waals surface area contributed by atoms with Crippen molar-refractivity contribution >= 4 is 0 Å². The fourth-order valence-electron chi connectivity index (χ4n) is 0. The van der Waals surface area contributed by atoms with Crippen LogP contribution in [-0.4, -0.2) is 12.2 Å². The average molecular weight is 128 g/mol. The second-order valence-electron chi connectivity index (χ2n) is 1.50. The van der Waals surface area contributed by atoms with Gasteiger partial charge >= 0.3 is 51.4 Å². The summed E-state index contributed by atoms with van der Waals surface area (Å²) in [4.78, 5) is 0. The SMILES string of the molecule is CO.C[C-](C)C.[K+]. The van der Waals surface area contributed by atoms with Gasteiger partial charge in [-0.3, -0.25) is 0 Å². The maximum atomic E-state index is 7.00. The van der Waals surface area contributed by atoms with Gasteiger partial charge in [0.15, 0.2) is 0 Å². The summed E-state index contributed by atoms with van der Waals surface area (Å²) in [7, 11) is 1.00. The molecule has 1 N–H and O–H groups in total. The maximum absolute atomic E-state index is 7.00. The summed E-state index contributed by atoms with van der Waals surface area (Å²) in [6, 6.07) is 0. The molecule has 0 aromatic rings. The first-order valence-corrected chi connectivity index (χ1v) is 1.95. The van der Waals surface area contributed by atoms with Gasteiger partial charge in [0.25, 0.3) is 0 Å². The molecule has 0 fully saturated rings. The minimum Gasteiger partial charge on any atom is -0.400 e. The molecule has 0 spiro atoms. The van der Waals surface area contributed by atoms with Crippen LogP contribution in [0.3, 0.4) is 0 Å². The molecule has 40 valence electrons. The summed E-state index contributed by atoms with van der Waals surface area (Å²) >= 11 is 0. The smallest absolute Gasteiger partial charge is 0.400 e. The van der Waals surface area contributed by atoms with Gasteiger partial charge < -0.3 is 11.0 Å². The monoisotopic (exact) mass is 128 g/mol. The van der Waals surface area contributed by atoms with E-state index < -0.39 is 0 Å². The molecule has 0 heterocycles. The van der Waals surface area contributed by atoms with Crippen LogP contribution in [0.4, 0.5) is 0 Å². The van der Waals surface area contributed by atoms with Crippen molar-refractivity contribution in [3.8, 4) is 0 Å². The molecular formula is C5H13KO. The normalized spacial score (nSPS) is 6.00. The first-order valence-electron chi connectivity index (χ1n) is 1.95. The zero-order valence-corrected chi connectivity index (χ0v) is 9.07. The molecule has 0 rings (SSSR count). The Morgan fingerprint density at radius 3 is 1.00 bits per heavy atom. The number of aliphatic hydroxyl groups is 1. The van der Waals surface area contributed by atoms with Crippen molar-refractivity contribution in [2.75, 3.05) is 7.11 Å². The number of aliphatic hydroxyl groups excluding tert-OH is 1. The predicted molar refractivity (Wildman–Crippen MR) is 28.4 cm³/mol. The third-order valence-electron chi connectivity index (χ3n) is 0. The Labute approximate surface area is 88.9 Å². The van der Waals surface area contributed by atoms with Crippen molar-refractivity contribution < 1.29 is 56.5 Å². The van der Waals surface area contributed by atoms with Gasteiger partial charge in [-0.15, -0.1) is 0 Å². The van der Waals surface area contributed by atoms with E-state index in [4.69, 9.17) is 5.11 Å². The summed E-state index contributed by atoms with van der Waals surface area (Å²) in [5.41, 5.74) is 0. The summed E-state index contributed by atoms with van der Waals surface area (Å²) in [6.07, 6.45) is 0. The quantitative estimate of drug-likeness (QED) is 0.302. The Morgan fingerprint density at radius 1 is 1.00 bits per heavy atom. The molecule has 0 aromatic carbocycles. The topological polar surface area (TPSA) is 20.2 Å². The molecule has 0 atom stereocenters. The number of hydrogen-bond donors (Lipinski definition) is 1. The molecule has 0 amide bonds. The Hall–Kier alpha value is 1.60. The largest absolute Gasteiger partial charge is 1.00 e. The van der Waals surface area contributed by atoms with Crippen molar-refractivity contribution in [3.63, 3.8) is 0 Å². The molecule has 0 bridgehead atoms. The maximum Gasteiger partial charge on any atom is 1.00 e. The van der Waals surface area contributed by atoms with Crippen LogP contribution >= 0.6 is 0 Å². The van der Waals surface area contributed by atoms with Crippen LogP contribution in [0, 0.1) is 5.92 Å². The minimum absolute atomic E-state index is 0. The van der Waals surface area contributed by atoms with Crippen LogP contribution < -0.4 is 51.4 Å². The molecule has 2 heteroatoms. The van der Waals surface area contributed by atoms with Gasteiger partial charge in [-0.25, -0.2) is 0 Å². The molecule has 0 aliphatic carbocycles. The van der Waals surface area contributed by atoms with Crippen molar-refractivity contribution in [2.45, 2.75) is 20.8 Å². The molecule has 0 aliphatic heterocycles. The third-order valence-corrected chi connectivity index (χ3v) is 0. The van der Waals surface area contributed by atoms with Gasteiger partial charge in [0.05, 0.1) is 0 Å². The van der Waals surface area contributed by atoms with E-state index in [-0.39, 0.29) is 51.4 Å². The molecule has 7 heavy (non-hydrogen) atoms. The molecule has 0 radical (unpaired) electrons. The first kappa shape index (κ1) is 15.8. The van der Waals surface area contributed by atoms with E-state index >= 15 is 0 Å². The summed E-state index contributed by atoms with van der Waals surface area (Å²) in [5.74, 6) is 1.42. The van der Waals surface area contributed by atoms with Crippen molar-refractivity contribution in [2.24, 2.45) is 0 Å². The molecule has 0 saturated carbocycles. The number of rotatable bonds is 0. The summed E-state index contributed by atoms with van der Waals surface area (Å²) in [6.45, 7) is 6.25. The van der Waals surface area contributed by atoms with E-state index in [2.05, 4.69) is 20.8 Å². The van der Waals surface area contributed by atoms with Gasteiger partial charge in [-0.2, -0.15) is 20.8 Å². The van der Waals surface area contributed by atoms with Crippen molar-refractivity contribution in [1.29, 1.82) is 0 Å². The van der Waals surface area contributed by atoms with Crippen LogP contribution in [0.2, 0.25) is 0 Å². The predicted octanol–water partition coefficient (Wildman–Crippen LogP) is -1.77. The fraction of sp³-hybridized carbons (Fsp3) is 0.800. The zero-order chi connectivity index (χ0) is 5.58. The van der Waals surface area contributed by atoms with E-state index in [9.17, 15) is 0 Å². The Kier molecular flexibility index (Phi) is 35.4. The Bertz CT molecular complexity index is 12.8. The van der Waals surface area contributed by atoms with E-state index in [1.54, 1.807) is 0 Å². The molecular weight excluding hydrogens is 115 g/mol. The average Bonchev–Trinajstić information content (AvgIpc) is 1.41. The molecule has 0 saturated heterocycles. The summed E-state index contributed by atoms with van der Waals surface area (Å²) in [5, 5.41) is 7.00. The van der Waals surface area contributed by atoms with Crippen LogP contribution in [-0.2, 0) is 0 Å². The molecule has 0 aliphatic rings. The van der Waals surface area contributed by atoms with E-state index in [1.165, 1.54) is 5.92 Å². The van der Waals surface area contributed by atoms with Gasteiger partial charge in [0, 0.05) is 7.11 Å². The van der Waals surface area contributed by atoms with Crippen molar-refractivity contribution in [3.05, 3.63) is 5.92 Å². The summed E-state index contributed by atoms with van der Waals surface area (Å²) < 4.78 is 0. The van der Waals surface area contributed by atoms with Gasteiger partial charge in [-0.1, -0.05) is 0 Å². The van der Waals surface area contributed by atoms with Crippen LogP contribution in [0.5, 0.6) is 0 Å². The third kappa shape index (κ3) is 93.4. The standard InChI is InChI=1S/C4H9.CH4O.K/c1-4(2)3;1-2;/h1-3H3;2H,1H3;/q-1;;+1.